The molecule has 0 spiro atoms. The first-order chi connectivity index (χ1) is 13.1. The third-order valence-electron chi connectivity index (χ3n) is 4.55. The Morgan fingerprint density at radius 2 is 1.85 bits per heavy atom. The Hall–Kier alpha value is -3.35. The lowest BCUT2D eigenvalue weighted by atomic mass is 10.1. The predicted octanol–water partition coefficient (Wildman–Crippen LogP) is 2.97. The second-order valence-electron chi connectivity index (χ2n) is 6.16. The van der Waals surface area contributed by atoms with E-state index < -0.39 is 4.92 Å². The van der Waals surface area contributed by atoms with Crippen LogP contribution in [-0.2, 0) is 4.79 Å². The number of hydrogen-bond donors (Lipinski definition) is 0. The van der Waals surface area contributed by atoms with Gasteiger partial charge in [0.1, 0.15) is 5.75 Å². The molecule has 1 fully saturated rings. The summed E-state index contributed by atoms with van der Waals surface area (Å²) in [6.07, 6.45) is 2.92. The van der Waals surface area contributed by atoms with Crippen molar-refractivity contribution in [2.75, 3.05) is 38.2 Å². The minimum absolute atomic E-state index is 0.00982. The van der Waals surface area contributed by atoms with Gasteiger partial charge in [0.15, 0.2) is 0 Å². The van der Waals surface area contributed by atoms with Crippen molar-refractivity contribution in [3.05, 3.63) is 70.3 Å². The zero-order valence-electron chi connectivity index (χ0n) is 15.1. The molecular weight excluding hydrogens is 346 g/mol. The van der Waals surface area contributed by atoms with Gasteiger partial charge in [-0.2, -0.15) is 0 Å². The van der Waals surface area contributed by atoms with Gasteiger partial charge in [-0.1, -0.05) is 18.2 Å². The molecule has 1 amide bonds. The van der Waals surface area contributed by atoms with Crippen LogP contribution in [0.3, 0.4) is 0 Å². The molecule has 0 atom stereocenters. The number of hydrogen-bond acceptors (Lipinski definition) is 5. The van der Waals surface area contributed by atoms with E-state index in [1.54, 1.807) is 30.2 Å². The molecule has 0 bridgehead atoms. The largest absolute Gasteiger partial charge is 0.497 e. The molecule has 0 saturated carbocycles. The first kappa shape index (κ1) is 18.4. The number of carbonyl (C=O) groups is 1. The van der Waals surface area contributed by atoms with Crippen LogP contribution in [0.4, 0.5) is 11.4 Å². The van der Waals surface area contributed by atoms with E-state index in [0.717, 1.165) is 24.5 Å². The molecule has 27 heavy (non-hydrogen) atoms. The number of para-hydroxylation sites is 1. The predicted molar refractivity (Wildman–Crippen MR) is 104 cm³/mol. The van der Waals surface area contributed by atoms with Gasteiger partial charge >= 0.3 is 0 Å². The normalized spacial score (nSPS) is 14.4. The number of benzene rings is 2. The van der Waals surface area contributed by atoms with Crippen molar-refractivity contribution < 1.29 is 14.5 Å². The lowest BCUT2D eigenvalue weighted by molar-refractivity contribution is -0.385. The number of rotatable bonds is 5. The number of methoxy groups -OCH3 is 1. The van der Waals surface area contributed by atoms with Crippen LogP contribution in [0.5, 0.6) is 5.75 Å². The summed E-state index contributed by atoms with van der Waals surface area (Å²) in [6, 6.07) is 14.2. The molecule has 1 heterocycles. The zero-order chi connectivity index (χ0) is 19.2. The molecule has 0 N–H and O–H groups in total. The quantitative estimate of drug-likeness (QED) is 0.461. The van der Waals surface area contributed by atoms with Gasteiger partial charge in [-0.3, -0.25) is 14.9 Å². The summed E-state index contributed by atoms with van der Waals surface area (Å²) in [5.74, 6) is 0.664. The average molecular weight is 367 g/mol. The summed E-state index contributed by atoms with van der Waals surface area (Å²) >= 11 is 0. The maximum Gasteiger partial charge on any atom is 0.276 e. The van der Waals surface area contributed by atoms with Crippen molar-refractivity contribution in [3.8, 4) is 5.75 Å². The van der Waals surface area contributed by atoms with Gasteiger partial charge in [0.25, 0.3) is 5.69 Å². The minimum Gasteiger partial charge on any atom is -0.497 e. The van der Waals surface area contributed by atoms with Gasteiger partial charge in [0, 0.05) is 50.1 Å². The number of nitrogens with zero attached hydrogens (tertiary/aromatic N) is 3. The molecule has 3 rings (SSSR count). The summed E-state index contributed by atoms with van der Waals surface area (Å²) in [5, 5.41) is 11.0. The first-order valence-corrected chi connectivity index (χ1v) is 8.68. The lowest BCUT2D eigenvalue weighted by Crippen LogP contribution is -2.48. The number of nitro groups is 1. The first-order valence-electron chi connectivity index (χ1n) is 8.68. The van der Waals surface area contributed by atoms with Crippen molar-refractivity contribution >= 4 is 23.4 Å². The minimum atomic E-state index is -0.447. The van der Waals surface area contributed by atoms with Gasteiger partial charge in [0.05, 0.1) is 17.6 Å². The van der Waals surface area contributed by atoms with Crippen LogP contribution in [0.15, 0.2) is 54.6 Å². The van der Waals surface area contributed by atoms with E-state index in [1.807, 2.05) is 24.3 Å². The average Bonchev–Trinajstić information content (AvgIpc) is 2.72. The molecule has 1 aliphatic rings. The monoisotopic (exact) mass is 367 g/mol. The summed E-state index contributed by atoms with van der Waals surface area (Å²) in [7, 11) is 1.64. The van der Waals surface area contributed by atoms with Gasteiger partial charge in [-0.15, -0.1) is 0 Å². The maximum atomic E-state index is 12.4. The van der Waals surface area contributed by atoms with Crippen LogP contribution >= 0.6 is 0 Å². The summed E-state index contributed by atoms with van der Waals surface area (Å²) in [6.45, 7) is 2.63. The fraction of sp³-hybridized carbons (Fsp3) is 0.250. The van der Waals surface area contributed by atoms with Crippen LogP contribution < -0.4 is 9.64 Å². The van der Waals surface area contributed by atoms with Gasteiger partial charge in [0.2, 0.25) is 5.91 Å². The molecule has 1 saturated heterocycles. The van der Waals surface area contributed by atoms with Crippen molar-refractivity contribution in [2.45, 2.75) is 0 Å². The second-order valence-corrected chi connectivity index (χ2v) is 6.16. The molecule has 2 aromatic carbocycles. The number of piperazine rings is 1. The number of ether oxygens (including phenoxy) is 1. The Morgan fingerprint density at radius 1 is 1.11 bits per heavy atom. The molecule has 0 unspecified atom stereocenters. The van der Waals surface area contributed by atoms with Crippen LogP contribution in [0, 0.1) is 10.1 Å². The highest BCUT2D eigenvalue weighted by Crippen LogP contribution is 2.22. The highest BCUT2D eigenvalue weighted by molar-refractivity contribution is 5.92. The third-order valence-corrected chi connectivity index (χ3v) is 4.55. The Balaban J connectivity index is 1.61. The fourth-order valence-electron chi connectivity index (χ4n) is 3.05. The Bertz CT molecular complexity index is 858. The van der Waals surface area contributed by atoms with Crippen molar-refractivity contribution in [1.82, 2.24) is 4.90 Å². The third kappa shape index (κ3) is 4.44. The lowest BCUT2D eigenvalue weighted by Gasteiger charge is -2.35. The van der Waals surface area contributed by atoms with E-state index in [1.165, 1.54) is 18.2 Å². The molecule has 2 aromatic rings. The Labute approximate surface area is 157 Å². The Kier molecular flexibility index (Phi) is 5.71. The van der Waals surface area contributed by atoms with E-state index in [9.17, 15) is 14.9 Å². The standard InChI is InChI=1S/C20H21N3O4/c1-27-18-7-4-6-17(15-18)21-11-13-22(14-12-21)20(24)10-9-16-5-2-3-8-19(16)23(25)26/h2-10,15H,11-14H2,1H3/b10-9+. The van der Waals surface area contributed by atoms with Crippen molar-refractivity contribution in [2.24, 2.45) is 0 Å². The molecular formula is C20H21N3O4. The van der Waals surface area contributed by atoms with Crippen LogP contribution in [0.25, 0.3) is 6.08 Å². The molecule has 7 nitrogen and oxygen atoms in total. The molecule has 140 valence electrons. The van der Waals surface area contributed by atoms with E-state index in [0.29, 0.717) is 18.7 Å². The van der Waals surface area contributed by atoms with E-state index in [4.69, 9.17) is 4.74 Å². The molecule has 0 radical (unpaired) electrons. The number of nitro benzene ring substituents is 1. The summed E-state index contributed by atoms with van der Waals surface area (Å²) < 4.78 is 5.26. The molecule has 1 aliphatic heterocycles. The fourth-order valence-corrected chi connectivity index (χ4v) is 3.05. The second kappa shape index (κ2) is 8.35. The molecule has 7 heteroatoms. The van der Waals surface area contributed by atoms with Crippen LogP contribution in [-0.4, -0.2) is 49.0 Å². The van der Waals surface area contributed by atoms with E-state index in [-0.39, 0.29) is 11.6 Å². The zero-order valence-corrected chi connectivity index (χ0v) is 15.1. The number of anilines is 1. The van der Waals surface area contributed by atoms with Gasteiger partial charge in [-0.05, 0) is 24.3 Å². The molecule has 0 aromatic heterocycles. The smallest absolute Gasteiger partial charge is 0.276 e. The number of amides is 1. The van der Waals surface area contributed by atoms with Gasteiger partial charge < -0.3 is 14.5 Å². The van der Waals surface area contributed by atoms with Crippen LogP contribution in [0.1, 0.15) is 5.56 Å². The summed E-state index contributed by atoms with van der Waals surface area (Å²) in [5.41, 5.74) is 1.48. The number of carbonyl (C=O) groups excluding carboxylic acids is 1. The summed E-state index contributed by atoms with van der Waals surface area (Å²) in [4.78, 5) is 27.0. The maximum absolute atomic E-state index is 12.4. The highest BCUT2D eigenvalue weighted by atomic mass is 16.6. The van der Waals surface area contributed by atoms with Crippen molar-refractivity contribution in [3.63, 3.8) is 0 Å². The van der Waals surface area contributed by atoms with Crippen LogP contribution in [0.2, 0.25) is 0 Å². The van der Waals surface area contributed by atoms with E-state index >= 15 is 0 Å². The molecule has 0 aliphatic carbocycles. The van der Waals surface area contributed by atoms with E-state index in [2.05, 4.69) is 4.90 Å². The Morgan fingerprint density at radius 3 is 2.56 bits per heavy atom. The topological polar surface area (TPSA) is 75.9 Å². The van der Waals surface area contributed by atoms with Gasteiger partial charge in [-0.25, -0.2) is 0 Å². The van der Waals surface area contributed by atoms with Crippen molar-refractivity contribution in [1.29, 1.82) is 0 Å². The SMILES string of the molecule is COc1cccc(N2CCN(C(=O)/C=C/c3ccccc3[N+](=O)[O-])CC2)c1. The highest BCUT2D eigenvalue weighted by Gasteiger charge is 2.20.